The van der Waals surface area contributed by atoms with Crippen molar-refractivity contribution in [3.63, 3.8) is 0 Å². The summed E-state index contributed by atoms with van der Waals surface area (Å²) in [5, 5.41) is 7.77. The van der Waals surface area contributed by atoms with E-state index in [2.05, 4.69) is 10.6 Å². The zero-order chi connectivity index (χ0) is 27.3. The molecular formula is C30H27Cl3N2O4. The van der Waals surface area contributed by atoms with Gasteiger partial charge in [0.15, 0.2) is 0 Å². The Bertz CT molecular complexity index is 1470. The van der Waals surface area contributed by atoms with Crippen LogP contribution < -0.4 is 15.4 Å². The molecule has 202 valence electrons. The third-order valence-electron chi connectivity index (χ3n) is 8.07. The van der Waals surface area contributed by atoms with E-state index in [1.165, 1.54) is 0 Å². The van der Waals surface area contributed by atoms with Gasteiger partial charge in [0.25, 0.3) is 0 Å². The van der Waals surface area contributed by atoms with E-state index in [1.807, 2.05) is 43.3 Å². The van der Waals surface area contributed by atoms with Gasteiger partial charge in [0, 0.05) is 51.5 Å². The van der Waals surface area contributed by atoms with Gasteiger partial charge in [0.1, 0.15) is 17.3 Å². The number of anilines is 1. The third kappa shape index (κ3) is 4.57. The minimum absolute atomic E-state index is 0.0551. The van der Waals surface area contributed by atoms with Crippen LogP contribution in [-0.4, -0.2) is 31.1 Å². The summed E-state index contributed by atoms with van der Waals surface area (Å²) in [5.74, 6) is -0.341. The second-order valence-electron chi connectivity index (χ2n) is 10.4. The maximum Gasteiger partial charge on any atom is 0.238 e. The van der Waals surface area contributed by atoms with Crippen LogP contribution in [0.1, 0.15) is 53.5 Å². The molecule has 6 nitrogen and oxygen atoms in total. The summed E-state index contributed by atoms with van der Waals surface area (Å²) in [4.78, 5) is 27.7. The number of benzene rings is 3. The molecule has 2 N–H and O–H groups in total. The summed E-state index contributed by atoms with van der Waals surface area (Å²) < 4.78 is 12.1. The predicted octanol–water partition coefficient (Wildman–Crippen LogP) is 6.75. The summed E-state index contributed by atoms with van der Waals surface area (Å²) >= 11 is 19.4. The first-order valence-corrected chi connectivity index (χ1v) is 14.1. The Kier molecular flexibility index (Phi) is 7.00. The lowest BCUT2D eigenvalue weighted by atomic mass is 9.59. The monoisotopic (exact) mass is 584 g/mol. The molecule has 1 spiro atoms. The molecule has 9 heteroatoms. The molecule has 3 heterocycles. The van der Waals surface area contributed by atoms with E-state index in [4.69, 9.17) is 44.3 Å². The van der Waals surface area contributed by atoms with Crippen LogP contribution in [0.15, 0.2) is 54.6 Å². The Balaban J connectivity index is 1.59. The number of hydrogen-bond donors (Lipinski definition) is 2. The SMILES string of the molecule is Cc1cc(OC2CCOCC2)c([C@@H]2NC(=O)C[C@@H](c3cccc(Cl)c3)[C@]23C(=O)Nc2cc(Cl)ccc23)cc1Cl. The molecular weight excluding hydrogens is 559 g/mol. The average Bonchev–Trinajstić information content (AvgIpc) is 3.19. The number of carbonyl (C=O) groups is 2. The highest BCUT2D eigenvalue weighted by atomic mass is 35.5. The van der Waals surface area contributed by atoms with Crippen molar-refractivity contribution in [2.24, 2.45) is 0 Å². The highest BCUT2D eigenvalue weighted by molar-refractivity contribution is 6.32. The van der Waals surface area contributed by atoms with Crippen LogP contribution in [0.25, 0.3) is 0 Å². The molecule has 2 saturated heterocycles. The van der Waals surface area contributed by atoms with E-state index < -0.39 is 17.4 Å². The van der Waals surface area contributed by atoms with Gasteiger partial charge in [-0.15, -0.1) is 0 Å². The highest BCUT2D eigenvalue weighted by Gasteiger charge is 2.61. The molecule has 3 aromatic rings. The fourth-order valence-electron chi connectivity index (χ4n) is 6.24. The maximum atomic E-state index is 14.3. The zero-order valence-corrected chi connectivity index (χ0v) is 23.5. The van der Waals surface area contributed by atoms with Gasteiger partial charge < -0.3 is 20.1 Å². The summed E-state index contributed by atoms with van der Waals surface area (Å²) in [6.07, 6.45) is 1.54. The third-order valence-corrected chi connectivity index (χ3v) is 8.94. The smallest absolute Gasteiger partial charge is 0.238 e. The van der Waals surface area contributed by atoms with Crippen molar-refractivity contribution in [1.82, 2.24) is 5.32 Å². The minimum atomic E-state index is -1.22. The number of hydrogen-bond acceptors (Lipinski definition) is 4. The van der Waals surface area contributed by atoms with Gasteiger partial charge in [-0.2, -0.15) is 0 Å². The number of rotatable bonds is 4. The predicted molar refractivity (Wildman–Crippen MR) is 152 cm³/mol. The Morgan fingerprint density at radius 2 is 1.74 bits per heavy atom. The van der Waals surface area contributed by atoms with Crippen molar-refractivity contribution >= 4 is 52.3 Å². The van der Waals surface area contributed by atoms with Crippen LogP contribution in [0.2, 0.25) is 15.1 Å². The van der Waals surface area contributed by atoms with Crippen molar-refractivity contribution < 1.29 is 19.1 Å². The lowest BCUT2D eigenvalue weighted by Gasteiger charge is -2.47. The first kappa shape index (κ1) is 26.5. The minimum Gasteiger partial charge on any atom is -0.490 e. The van der Waals surface area contributed by atoms with Gasteiger partial charge in [-0.25, -0.2) is 0 Å². The summed E-state index contributed by atoms with van der Waals surface area (Å²) in [6.45, 7) is 3.14. The number of piperidine rings is 1. The molecule has 0 bridgehead atoms. The largest absolute Gasteiger partial charge is 0.490 e. The van der Waals surface area contributed by atoms with Crippen LogP contribution in [0.5, 0.6) is 5.75 Å². The summed E-state index contributed by atoms with van der Waals surface area (Å²) in [7, 11) is 0. The van der Waals surface area contributed by atoms with Gasteiger partial charge in [-0.05, 0) is 60.0 Å². The lowest BCUT2D eigenvalue weighted by Crippen LogP contribution is -2.57. The van der Waals surface area contributed by atoms with Gasteiger partial charge in [-0.1, -0.05) is 53.0 Å². The number of nitrogens with one attached hydrogen (secondary N) is 2. The van der Waals surface area contributed by atoms with Crippen LogP contribution in [0.4, 0.5) is 5.69 Å². The summed E-state index contributed by atoms with van der Waals surface area (Å²) in [5.41, 5.74) is 2.44. The molecule has 3 aliphatic rings. The van der Waals surface area contributed by atoms with E-state index in [0.29, 0.717) is 45.3 Å². The summed E-state index contributed by atoms with van der Waals surface area (Å²) in [6, 6.07) is 15.7. The van der Waals surface area contributed by atoms with E-state index in [0.717, 1.165) is 29.5 Å². The molecule has 0 aromatic heterocycles. The number of amides is 2. The maximum absolute atomic E-state index is 14.3. The number of aryl methyl sites for hydroxylation is 1. The molecule has 0 unspecified atom stereocenters. The number of ether oxygens (including phenoxy) is 2. The molecule has 0 saturated carbocycles. The molecule has 3 aromatic carbocycles. The van der Waals surface area contributed by atoms with Gasteiger partial charge in [0.05, 0.1) is 19.3 Å². The van der Waals surface area contributed by atoms with Crippen LogP contribution in [-0.2, 0) is 19.7 Å². The molecule has 2 amide bonds. The van der Waals surface area contributed by atoms with Crippen LogP contribution in [0.3, 0.4) is 0 Å². The van der Waals surface area contributed by atoms with E-state index in [1.54, 1.807) is 18.2 Å². The Labute approximate surface area is 241 Å². The highest BCUT2D eigenvalue weighted by Crippen LogP contribution is 2.59. The Morgan fingerprint density at radius 1 is 0.974 bits per heavy atom. The topological polar surface area (TPSA) is 76.7 Å². The lowest BCUT2D eigenvalue weighted by molar-refractivity contribution is -0.131. The molecule has 39 heavy (non-hydrogen) atoms. The van der Waals surface area contributed by atoms with E-state index in [9.17, 15) is 9.59 Å². The Morgan fingerprint density at radius 3 is 2.51 bits per heavy atom. The Hall–Kier alpha value is -2.77. The number of fused-ring (bicyclic) bond motifs is 2. The van der Waals surface area contributed by atoms with Crippen LogP contribution >= 0.6 is 34.8 Å². The van der Waals surface area contributed by atoms with E-state index >= 15 is 0 Å². The number of halogens is 3. The van der Waals surface area contributed by atoms with Gasteiger partial charge in [0.2, 0.25) is 11.8 Å². The van der Waals surface area contributed by atoms with Crippen molar-refractivity contribution in [3.05, 3.63) is 91.9 Å². The van der Waals surface area contributed by atoms with Crippen LogP contribution in [0, 0.1) is 6.92 Å². The van der Waals surface area contributed by atoms with Gasteiger partial charge in [-0.3, -0.25) is 9.59 Å². The molecule has 0 radical (unpaired) electrons. The second kappa shape index (κ2) is 10.3. The second-order valence-corrected chi connectivity index (χ2v) is 11.7. The molecule has 0 aliphatic carbocycles. The molecule has 2 fully saturated rings. The first-order chi connectivity index (χ1) is 18.8. The average molecular weight is 586 g/mol. The van der Waals surface area contributed by atoms with Crippen molar-refractivity contribution in [1.29, 1.82) is 0 Å². The van der Waals surface area contributed by atoms with Gasteiger partial charge >= 0.3 is 0 Å². The van der Waals surface area contributed by atoms with Crippen molar-refractivity contribution in [2.45, 2.75) is 49.7 Å². The molecule has 6 rings (SSSR count). The van der Waals surface area contributed by atoms with E-state index in [-0.39, 0.29) is 24.3 Å². The quantitative estimate of drug-likeness (QED) is 0.355. The fraction of sp³-hybridized carbons (Fsp3) is 0.333. The normalized spacial score (nSPS) is 24.8. The first-order valence-electron chi connectivity index (χ1n) is 13.0. The standard InChI is InChI=1S/C30H27Cl3N2O4/c1-16-11-26(39-20-7-9-38-10-8-20)21(14-24(16)33)28-30(22-6-5-19(32)13-25(22)34-29(30)37)23(15-27(36)35-28)17-3-2-4-18(31)12-17/h2-6,11-14,20,23,28H,7-10,15H2,1H3,(H,34,37)(H,35,36)/t23-,28-,30-/m0/s1. The molecule has 3 atom stereocenters. The number of carbonyl (C=O) groups excluding carboxylic acids is 2. The zero-order valence-electron chi connectivity index (χ0n) is 21.2. The fourth-order valence-corrected chi connectivity index (χ4v) is 6.78. The molecule has 3 aliphatic heterocycles. The van der Waals surface area contributed by atoms with Crippen molar-refractivity contribution in [3.8, 4) is 5.75 Å². The van der Waals surface area contributed by atoms with Crippen molar-refractivity contribution in [2.75, 3.05) is 18.5 Å².